The maximum absolute atomic E-state index is 12.3. The number of hydrogen-bond donors (Lipinski definition) is 2. The first-order chi connectivity index (χ1) is 16.5. The molecule has 1 unspecified atom stereocenters. The minimum Gasteiger partial charge on any atom is -0.485 e. The van der Waals surface area contributed by atoms with Gasteiger partial charge in [0, 0.05) is 11.4 Å². The topological polar surface area (TPSA) is 75.6 Å². The van der Waals surface area contributed by atoms with Gasteiger partial charge in [-0.1, -0.05) is 52.0 Å². The van der Waals surface area contributed by atoms with Crippen LogP contribution in [0.2, 0.25) is 0 Å². The minimum absolute atomic E-state index is 0.0971. The van der Waals surface area contributed by atoms with Crippen molar-refractivity contribution in [1.29, 1.82) is 0 Å². The molecule has 1 heterocycles. The van der Waals surface area contributed by atoms with E-state index in [0.717, 1.165) is 28.2 Å². The van der Waals surface area contributed by atoms with Crippen LogP contribution >= 0.6 is 11.3 Å². The molecule has 186 valence electrons. The summed E-state index contributed by atoms with van der Waals surface area (Å²) < 4.78 is 6.37. The van der Waals surface area contributed by atoms with Gasteiger partial charge in [0.15, 0.2) is 0 Å². The summed E-state index contributed by atoms with van der Waals surface area (Å²) in [6.07, 6.45) is 0.491. The van der Waals surface area contributed by atoms with Crippen molar-refractivity contribution in [2.45, 2.75) is 65.9 Å². The fourth-order valence-corrected chi connectivity index (χ4v) is 5.15. The highest BCUT2D eigenvalue weighted by atomic mass is 32.1. The average Bonchev–Trinajstić information content (AvgIpc) is 3.27. The van der Waals surface area contributed by atoms with Gasteiger partial charge < -0.3 is 15.2 Å². The highest BCUT2D eigenvalue weighted by molar-refractivity contribution is 7.14. The lowest BCUT2D eigenvalue weighted by Gasteiger charge is -2.21. The van der Waals surface area contributed by atoms with Gasteiger partial charge in [0.1, 0.15) is 11.9 Å². The fraction of sp³-hybridized carbons (Fsp3) is 0.379. The van der Waals surface area contributed by atoms with Gasteiger partial charge in [-0.05, 0) is 77.8 Å². The van der Waals surface area contributed by atoms with Crippen molar-refractivity contribution in [2.75, 3.05) is 6.54 Å². The lowest BCUT2D eigenvalue weighted by Crippen LogP contribution is -2.25. The van der Waals surface area contributed by atoms with Crippen molar-refractivity contribution in [3.63, 3.8) is 0 Å². The summed E-state index contributed by atoms with van der Waals surface area (Å²) in [6, 6.07) is 16.6. The summed E-state index contributed by atoms with van der Waals surface area (Å²) in [5.74, 6) is -0.385. The Balaban J connectivity index is 1.76. The molecule has 0 spiro atoms. The first-order valence-corrected chi connectivity index (χ1v) is 12.8. The Kier molecular flexibility index (Phi) is 8.39. The van der Waals surface area contributed by atoms with E-state index in [4.69, 9.17) is 9.84 Å². The Bertz CT molecular complexity index is 1170. The van der Waals surface area contributed by atoms with Crippen LogP contribution in [-0.4, -0.2) is 23.5 Å². The van der Waals surface area contributed by atoms with Crippen LogP contribution < -0.4 is 10.1 Å². The Labute approximate surface area is 212 Å². The summed E-state index contributed by atoms with van der Waals surface area (Å²) in [7, 11) is 0. The van der Waals surface area contributed by atoms with Crippen molar-refractivity contribution < 1.29 is 19.4 Å². The number of rotatable bonds is 9. The second kappa shape index (κ2) is 11.1. The smallest absolute Gasteiger partial charge is 0.305 e. The molecular formula is C29H35NO4S. The quantitative estimate of drug-likeness (QED) is 0.334. The first kappa shape index (κ1) is 26.5. The zero-order chi connectivity index (χ0) is 25.8. The van der Waals surface area contributed by atoms with Crippen LogP contribution in [0, 0.1) is 13.8 Å². The van der Waals surface area contributed by atoms with Gasteiger partial charge in [0.05, 0.1) is 11.3 Å². The van der Waals surface area contributed by atoms with Crippen molar-refractivity contribution in [3.8, 4) is 16.9 Å². The molecule has 1 atom stereocenters. The number of aliphatic carboxylic acids is 1. The van der Waals surface area contributed by atoms with Crippen molar-refractivity contribution in [1.82, 2.24) is 5.32 Å². The molecule has 0 radical (unpaired) electrons. The summed E-state index contributed by atoms with van der Waals surface area (Å²) in [4.78, 5) is 24.5. The predicted octanol–water partition coefficient (Wildman–Crippen LogP) is 7.06. The molecule has 0 fully saturated rings. The summed E-state index contributed by atoms with van der Waals surface area (Å²) >= 11 is 1.38. The molecule has 3 rings (SSSR count). The molecule has 1 aromatic heterocycles. The molecule has 0 bridgehead atoms. The van der Waals surface area contributed by atoms with E-state index in [1.807, 2.05) is 6.07 Å². The van der Waals surface area contributed by atoms with Gasteiger partial charge >= 0.3 is 5.97 Å². The van der Waals surface area contributed by atoms with E-state index in [-0.39, 0.29) is 30.4 Å². The molecule has 2 N–H and O–H groups in total. The number of carboxylic acid groups (broad SMARTS) is 1. The molecule has 0 aliphatic heterocycles. The fourth-order valence-electron chi connectivity index (χ4n) is 4.11. The standard InChI is InChI=1S/C29H35NO4S/c1-7-23(24-12-13-25(35-24)28(33)30-15-14-26(31)32)34-22-16-18(2)27(19(3)17-22)20-8-10-21(11-9-20)29(4,5)6/h8-13,16-17,23H,7,14-15H2,1-6H3,(H,30,33)(H,31,32). The third-order valence-electron chi connectivity index (χ3n) is 5.99. The second-order valence-corrected chi connectivity index (χ2v) is 11.0. The van der Waals surface area contributed by atoms with Gasteiger partial charge in [-0.25, -0.2) is 0 Å². The molecule has 0 saturated heterocycles. The van der Waals surface area contributed by atoms with Gasteiger partial charge in [0.25, 0.3) is 5.91 Å². The second-order valence-electron chi connectivity index (χ2n) is 9.88. The SMILES string of the molecule is CCC(Oc1cc(C)c(-c2ccc(C(C)(C)C)cc2)c(C)c1)c1ccc(C(=O)NCCC(=O)O)s1. The van der Waals surface area contributed by atoms with Crippen molar-refractivity contribution in [3.05, 3.63) is 75.0 Å². The van der Waals surface area contributed by atoms with E-state index in [9.17, 15) is 9.59 Å². The normalized spacial score (nSPS) is 12.3. The Morgan fingerprint density at radius 1 is 1.03 bits per heavy atom. The van der Waals surface area contributed by atoms with Gasteiger partial charge in [-0.3, -0.25) is 9.59 Å². The van der Waals surface area contributed by atoms with Gasteiger partial charge in [-0.15, -0.1) is 11.3 Å². The average molecular weight is 494 g/mol. The number of nitrogens with one attached hydrogen (secondary N) is 1. The number of hydrogen-bond acceptors (Lipinski definition) is 4. The third kappa shape index (κ3) is 6.73. The van der Waals surface area contributed by atoms with E-state index in [1.54, 1.807) is 6.07 Å². The summed E-state index contributed by atoms with van der Waals surface area (Å²) in [5.41, 5.74) is 6.17. The number of aryl methyl sites for hydroxylation is 2. The molecule has 1 amide bonds. The number of benzene rings is 2. The predicted molar refractivity (Wildman–Crippen MR) is 143 cm³/mol. The van der Waals surface area contributed by atoms with Crippen LogP contribution in [0.1, 0.15) is 77.9 Å². The Morgan fingerprint density at radius 2 is 1.66 bits per heavy atom. The molecule has 5 nitrogen and oxygen atoms in total. The maximum atomic E-state index is 12.3. The lowest BCUT2D eigenvalue weighted by molar-refractivity contribution is -0.136. The molecule has 0 saturated carbocycles. The third-order valence-corrected chi connectivity index (χ3v) is 7.16. The number of thiophene rings is 1. The number of carbonyl (C=O) groups is 2. The van der Waals surface area contributed by atoms with E-state index >= 15 is 0 Å². The number of ether oxygens (including phenoxy) is 1. The van der Waals surface area contributed by atoms with Crippen LogP contribution in [0.3, 0.4) is 0 Å². The molecule has 0 aliphatic carbocycles. The van der Waals surface area contributed by atoms with E-state index in [2.05, 4.69) is 83.3 Å². The first-order valence-electron chi connectivity index (χ1n) is 12.0. The van der Waals surface area contributed by atoms with Crippen LogP contribution in [0.15, 0.2) is 48.5 Å². The van der Waals surface area contributed by atoms with Gasteiger partial charge in [0.2, 0.25) is 0 Å². The molecule has 0 aliphatic rings. The molecular weight excluding hydrogens is 458 g/mol. The van der Waals surface area contributed by atoms with E-state index < -0.39 is 5.97 Å². The van der Waals surface area contributed by atoms with Crippen molar-refractivity contribution in [2.24, 2.45) is 0 Å². The largest absolute Gasteiger partial charge is 0.485 e. The molecule has 6 heteroatoms. The highest BCUT2D eigenvalue weighted by Crippen LogP contribution is 2.36. The van der Waals surface area contributed by atoms with Crippen LogP contribution in [0.25, 0.3) is 11.1 Å². The highest BCUT2D eigenvalue weighted by Gasteiger charge is 2.19. The monoisotopic (exact) mass is 493 g/mol. The Morgan fingerprint density at radius 3 is 2.20 bits per heavy atom. The number of amides is 1. The minimum atomic E-state index is -0.935. The molecule has 3 aromatic rings. The van der Waals surface area contributed by atoms with E-state index in [0.29, 0.717) is 4.88 Å². The maximum Gasteiger partial charge on any atom is 0.305 e. The lowest BCUT2D eigenvalue weighted by atomic mass is 9.85. The van der Waals surface area contributed by atoms with Gasteiger partial charge in [-0.2, -0.15) is 0 Å². The summed E-state index contributed by atoms with van der Waals surface area (Å²) in [6.45, 7) is 13.0. The number of carbonyl (C=O) groups excluding carboxylic acids is 1. The number of carboxylic acids is 1. The zero-order valence-corrected chi connectivity index (χ0v) is 22.2. The van der Waals surface area contributed by atoms with Crippen LogP contribution in [0.4, 0.5) is 0 Å². The molecule has 35 heavy (non-hydrogen) atoms. The molecule has 2 aromatic carbocycles. The van der Waals surface area contributed by atoms with Crippen LogP contribution in [0.5, 0.6) is 5.75 Å². The van der Waals surface area contributed by atoms with E-state index in [1.165, 1.54) is 28.0 Å². The Hall–Kier alpha value is -3.12. The summed E-state index contributed by atoms with van der Waals surface area (Å²) in [5, 5.41) is 11.4. The van der Waals surface area contributed by atoms with Crippen LogP contribution in [-0.2, 0) is 10.2 Å². The zero-order valence-electron chi connectivity index (χ0n) is 21.4. The van der Waals surface area contributed by atoms with Crippen molar-refractivity contribution >= 4 is 23.2 Å².